The maximum Gasteiger partial charge on any atom is 0.330 e. The van der Waals surface area contributed by atoms with Crippen molar-refractivity contribution in [3.8, 4) is 0 Å². The first-order chi connectivity index (χ1) is 8.82. The minimum Gasteiger partial charge on any atom is -0.385 e. The van der Waals surface area contributed by atoms with E-state index < -0.39 is 30.3 Å². The van der Waals surface area contributed by atoms with Crippen molar-refractivity contribution >= 4 is 27.1 Å². The molecule has 0 radical (unpaired) electrons. The minimum absolute atomic E-state index is 0.0490. The number of rotatable bonds is 3. The molecule has 0 amide bonds. The molecular weight excluding hydrogens is 330 g/mol. The number of aromatic amines is 1. The van der Waals surface area contributed by atoms with Gasteiger partial charge in [-0.15, -0.1) is 0 Å². The summed E-state index contributed by atoms with van der Waals surface area (Å²) in [7, 11) is 1.52. The summed E-state index contributed by atoms with van der Waals surface area (Å²) < 4.78 is 27.1. The summed E-state index contributed by atoms with van der Waals surface area (Å²) in [6, 6.07) is 0. The van der Waals surface area contributed by atoms with E-state index in [0.29, 0.717) is 0 Å². The van der Waals surface area contributed by atoms with Crippen LogP contribution in [0, 0.1) is 0 Å². The molecule has 2 aromatic rings. The molecule has 7 nitrogen and oxygen atoms in total. The van der Waals surface area contributed by atoms with E-state index in [-0.39, 0.29) is 15.9 Å². The van der Waals surface area contributed by atoms with Gasteiger partial charge in [-0.3, -0.25) is 14.3 Å². The number of fused-ring (bicyclic) bond motifs is 1. The molecule has 104 valence electrons. The number of halogens is 3. The summed E-state index contributed by atoms with van der Waals surface area (Å²) in [4.78, 5) is 29.2. The van der Waals surface area contributed by atoms with Crippen LogP contribution in [-0.2, 0) is 13.6 Å². The Kier molecular flexibility index (Phi) is 3.54. The van der Waals surface area contributed by atoms with Crippen LogP contribution in [-0.4, -0.2) is 36.7 Å². The Hall–Kier alpha value is -1.55. The highest BCUT2D eigenvalue weighted by Crippen LogP contribution is 2.15. The lowest BCUT2D eigenvalue weighted by molar-refractivity contribution is -0.0136. The van der Waals surface area contributed by atoms with Crippen LogP contribution in [0.1, 0.15) is 0 Å². The molecule has 1 unspecified atom stereocenters. The predicted molar refractivity (Wildman–Crippen MR) is 65.3 cm³/mol. The topological polar surface area (TPSA) is 92.9 Å². The van der Waals surface area contributed by atoms with E-state index in [2.05, 4.69) is 20.9 Å². The first kappa shape index (κ1) is 13.9. The molecule has 0 aromatic carbocycles. The van der Waals surface area contributed by atoms with Gasteiger partial charge in [-0.1, -0.05) is 0 Å². The van der Waals surface area contributed by atoms with Crippen LogP contribution in [0.3, 0.4) is 0 Å². The zero-order valence-electron chi connectivity index (χ0n) is 9.60. The maximum atomic E-state index is 12.3. The van der Waals surface area contributed by atoms with Crippen LogP contribution in [0.4, 0.5) is 8.78 Å². The van der Waals surface area contributed by atoms with Gasteiger partial charge in [0.15, 0.2) is 15.9 Å². The third kappa shape index (κ3) is 2.32. The fourth-order valence-corrected chi connectivity index (χ4v) is 2.00. The average molecular weight is 339 g/mol. The van der Waals surface area contributed by atoms with Crippen LogP contribution in [0.5, 0.6) is 0 Å². The predicted octanol–water partition coefficient (Wildman–Crippen LogP) is -0.188. The van der Waals surface area contributed by atoms with E-state index in [1.807, 2.05) is 4.98 Å². The number of imidazole rings is 1. The van der Waals surface area contributed by atoms with E-state index in [9.17, 15) is 18.4 Å². The fourth-order valence-electron chi connectivity index (χ4n) is 1.66. The van der Waals surface area contributed by atoms with Crippen molar-refractivity contribution in [3.63, 3.8) is 0 Å². The Morgan fingerprint density at radius 2 is 2.11 bits per heavy atom. The normalized spacial score (nSPS) is 13.4. The molecule has 0 spiro atoms. The summed E-state index contributed by atoms with van der Waals surface area (Å²) in [5, 5.41) is 9.16. The van der Waals surface area contributed by atoms with Crippen molar-refractivity contribution in [3.05, 3.63) is 25.6 Å². The Morgan fingerprint density at radius 3 is 2.68 bits per heavy atom. The zero-order chi connectivity index (χ0) is 14.3. The minimum atomic E-state index is -3.00. The fraction of sp³-hybridized carbons (Fsp3) is 0.444. The molecule has 0 aliphatic heterocycles. The monoisotopic (exact) mass is 338 g/mol. The Morgan fingerprint density at radius 1 is 1.47 bits per heavy atom. The Bertz CT molecular complexity index is 735. The number of H-pyrrole nitrogens is 1. The SMILES string of the molecule is Cn1c(Br)nc2c1c(=O)[nH]c(=O)n2CC(O)C(F)F. The van der Waals surface area contributed by atoms with Crippen molar-refractivity contribution in [1.82, 2.24) is 19.1 Å². The Balaban J connectivity index is 2.71. The molecule has 2 aromatic heterocycles. The highest BCUT2D eigenvalue weighted by Gasteiger charge is 2.22. The highest BCUT2D eigenvalue weighted by molar-refractivity contribution is 9.10. The van der Waals surface area contributed by atoms with Gasteiger partial charge in [0.2, 0.25) is 0 Å². The zero-order valence-corrected chi connectivity index (χ0v) is 11.2. The van der Waals surface area contributed by atoms with E-state index in [1.54, 1.807) is 0 Å². The van der Waals surface area contributed by atoms with Crippen LogP contribution in [0.15, 0.2) is 14.3 Å². The number of aryl methyl sites for hydroxylation is 1. The summed E-state index contributed by atoms with van der Waals surface area (Å²) in [6.07, 6.45) is -5.02. The Labute approximate surface area is 112 Å². The first-order valence-corrected chi connectivity index (χ1v) is 5.93. The van der Waals surface area contributed by atoms with Gasteiger partial charge >= 0.3 is 5.69 Å². The lowest BCUT2D eigenvalue weighted by Gasteiger charge is -2.11. The third-order valence-electron chi connectivity index (χ3n) is 2.62. The molecule has 2 rings (SSSR count). The number of aromatic nitrogens is 4. The number of hydrogen-bond donors (Lipinski definition) is 2. The molecule has 0 aliphatic carbocycles. The summed E-state index contributed by atoms with van der Waals surface area (Å²) in [5.41, 5.74) is -1.60. The van der Waals surface area contributed by atoms with Gasteiger partial charge in [0.1, 0.15) is 6.10 Å². The van der Waals surface area contributed by atoms with Crippen LogP contribution >= 0.6 is 15.9 Å². The van der Waals surface area contributed by atoms with E-state index in [1.165, 1.54) is 11.6 Å². The summed E-state index contributed by atoms with van der Waals surface area (Å²) in [6.45, 7) is -0.659. The van der Waals surface area contributed by atoms with Gasteiger partial charge in [0, 0.05) is 7.05 Å². The highest BCUT2D eigenvalue weighted by atomic mass is 79.9. The number of aliphatic hydroxyl groups is 1. The van der Waals surface area contributed by atoms with Crippen molar-refractivity contribution in [2.75, 3.05) is 0 Å². The molecular formula is C9H9BrF2N4O3. The van der Waals surface area contributed by atoms with Crippen LogP contribution in [0.2, 0.25) is 0 Å². The first-order valence-electron chi connectivity index (χ1n) is 5.14. The number of nitrogens with zero attached hydrogens (tertiary/aromatic N) is 3. The molecule has 0 bridgehead atoms. The van der Waals surface area contributed by atoms with Gasteiger partial charge in [-0.25, -0.2) is 18.6 Å². The average Bonchev–Trinajstić information content (AvgIpc) is 2.61. The lowest BCUT2D eigenvalue weighted by Crippen LogP contribution is -2.36. The van der Waals surface area contributed by atoms with Gasteiger partial charge in [0.05, 0.1) is 6.54 Å². The van der Waals surface area contributed by atoms with Gasteiger partial charge in [0.25, 0.3) is 12.0 Å². The second-order valence-corrected chi connectivity index (χ2v) is 4.59. The molecule has 0 fully saturated rings. The molecule has 2 N–H and O–H groups in total. The standard InChI is InChI=1S/C9H9BrF2N4O3/c1-15-4-6(13-8(15)10)16(2-3(17)5(11)12)9(19)14-7(4)18/h3,5,17H,2H2,1H3,(H,14,18,19). The molecule has 10 heteroatoms. The van der Waals surface area contributed by atoms with Crippen LogP contribution < -0.4 is 11.2 Å². The second kappa shape index (κ2) is 4.85. The molecule has 1 atom stereocenters. The van der Waals surface area contributed by atoms with Gasteiger partial charge < -0.3 is 9.67 Å². The summed E-state index contributed by atoms with van der Waals surface area (Å²) in [5.74, 6) is 0. The number of aliphatic hydroxyl groups excluding tert-OH is 1. The molecule has 0 aliphatic rings. The van der Waals surface area contributed by atoms with Crippen molar-refractivity contribution in [2.24, 2.45) is 7.05 Å². The van der Waals surface area contributed by atoms with Gasteiger partial charge in [-0.05, 0) is 15.9 Å². The summed E-state index contributed by atoms with van der Waals surface area (Å²) >= 11 is 3.07. The number of hydrogen-bond acceptors (Lipinski definition) is 4. The smallest absolute Gasteiger partial charge is 0.330 e. The second-order valence-electron chi connectivity index (χ2n) is 3.88. The molecule has 2 heterocycles. The van der Waals surface area contributed by atoms with E-state index in [4.69, 9.17) is 5.11 Å². The van der Waals surface area contributed by atoms with Gasteiger partial charge in [-0.2, -0.15) is 0 Å². The van der Waals surface area contributed by atoms with Crippen molar-refractivity contribution < 1.29 is 13.9 Å². The van der Waals surface area contributed by atoms with E-state index >= 15 is 0 Å². The molecule has 0 saturated carbocycles. The quantitative estimate of drug-likeness (QED) is 0.759. The third-order valence-corrected chi connectivity index (χ3v) is 3.33. The van der Waals surface area contributed by atoms with E-state index in [0.717, 1.165) is 4.57 Å². The largest absolute Gasteiger partial charge is 0.385 e. The number of alkyl halides is 2. The molecule has 19 heavy (non-hydrogen) atoms. The lowest BCUT2D eigenvalue weighted by atomic mass is 10.3. The van der Waals surface area contributed by atoms with Crippen molar-refractivity contribution in [1.29, 1.82) is 0 Å². The molecule has 0 saturated heterocycles. The van der Waals surface area contributed by atoms with Crippen LogP contribution in [0.25, 0.3) is 11.2 Å². The maximum absolute atomic E-state index is 12.3. The van der Waals surface area contributed by atoms with Crippen molar-refractivity contribution in [2.45, 2.75) is 19.1 Å². The number of nitrogens with one attached hydrogen (secondary N) is 1.